The van der Waals surface area contributed by atoms with Gasteiger partial charge in [0, 0.05) is 24.8 Å². The van der Waals surface area contributed by atoms with Gasteiger partial charge in [-0.3, -0.25) is 0 Å². The summed E-state index contributed by atoms with van der Waals surface area (Å²) in [5.41, 5.74) is -0.566. The highest BCUT2D eigenvalue weighted by atomic mass is 79.9. The highest BCUT2D eigenvalue weighted by Crippen LogP contribution is 2.35. The van der Waals surface area contributed by atoms with Crippen LogP contribution in [0.25, 0.3) is 0 Å². The molecule has 2 nitrogen and oxygen atoms in total. The Morgan fingerprint density at radius 2 is 2.44 bits per heavy atom. The van der Waals surface area contributed by atoms with E-state index in [1.165, 1.54) is 4.88 Å². The van der Waals surface area contributed by atoms with E-state index in [-0.39, 0.29) is 6.10 Å². The number of ether oxygens (including phenoxy) is 1. The van der Waals surface area contributed by atoms with Crippen molar-refractivity contribution in [2.75, 3.05) is 7.11 Å². The van der Waals surface area contributed by atoms with Gasteiger partial charge < -0.3 is 9.84 Å². The average Bonchev–Trinajstić information content (AvgIpc) is 2.63. The fourth-order valence-electron chi connectivity index (χ4n) is 2.42. The predicted octanol–water partition coefficient (Wildman–Crippen LogP) is 3.37. The highest BCUT2D eigenvalue weighted by Gasteiger charge is 2.34. The fourth-order valence-corrected chi connectivity index (χ4v) is 4.04. The summed E-state index contributed by atoms with van der Waals surface area (Å²) in [7, 11) is 1.73. The maximum atomic E-state index is 10.5. The summed E-state index contributed by atoms with van der Waals surface area (Å²) in [6, 6.07) is 4.13. The van der Waals surface area contributed by atoms with Gasteiger partial charge in [0.1, 0.15) is 0 Å². The minimum Gasteiger partial charge on any atom is -0.389 e. The molecule has 2 rings (SSSR count). The van der Waals surface area contributed by atoms with Crippen molar-refractivity contribution in [2.24, 2.45) is 0 Å². The van der Waals surface area contributed by atoms with Crippen molar-refractivity contribution in [3.63, 3.8) is 0 Å². The third-order valence-electron chi connectivity index (χ3n) is 3.24. The second-order valence-electron chi connectivity index (χ2n) is 4.56. The van der Waals surface area contributed by atoms with Crippen LogP contribution in [-0.4, -0.2) is 23.9 Å². The Morgan fingerprint density at radius 1 is 1.62 bits per heavy atom. The molecule has 16 heavy (non-hydrogen) atoms. The number of thiophene rings is 1. The first-order chi connectivity index (χ1) is 7.61. The molecule has 2 unspecified atom stereocenters. The predicted molar refractivity (Wildman–Crippen MR) is 69.9 cm³/mol. The zero-order valence-electron chi connectivity index (χ0n) is 9.41. The second-order valence-corrected chi connectivity index (χ2v) is 7.11. The quantitative estimate of drug-likeness (QED) is 0.928. The van der Waals surface area contributed by atoms with E-state index >= 15 is 0 Å². The van der Waals surface area contributed by atoms with Crippen LogP contribution < -0.4 is 0 Å². The molecule has 0 aromatic carbocycles. The van der Waals surface area contributed by atoms with Crippen LogP contribution in [0.4, 0.5) is 0 Å². The van der Waals surface area contributed by atoms with Gasteiger partial charge in [0.25, 0.3) is 0 Å². The van der Waals surface area contributed by atoms with E-state index in [1.54, 1.807) is 18.4 Å². The first kappa shape index (κ1) is 12.6. The van der Waals surface area contributed by atoms with Crippen molar-refractivity contribution < 1.29 is 9.84 Å². The standard InChI is InChI=1S/C12H17BrO2S/c1-15-9-3-2-6-12(14,7-9)8-10-4-5-11(13)16-10/h4-5,9,14H,2-3,6-8H2,1H3. The SMILES string of the molecule is COC1CCCC(O)(Cc2ccc(Br)s2)C1. The molecule has 1 aliphatic rings. The lowest BCUT2D eigenvalue weighted by Gasteiger charge is -2.36. The summed E-state index contributed by atoms with van der Waals surface area (Å²) >= 11 is 5.16. The Morgan fingerprint density at radius 3 is 3.06 bits per heavy atom. The summed E-state index contributed by atoms with van der Waals surface area (Å²) < 4.78 is 6.49. The molecule has 0 spiro atoms. The number of hydrogen-bond donors (Lipinski definition) is 1. The topological polar surface area (TPSA) is 29.5 Å². The summed E-state index contributed by atoms with van der Waals surface area (Å²) in [5, 5.41) is 10.5. The van der Waals surface area contributed by atoms with Gasteiger partial charge in [0.05, 0.1) is 15.5 Å². The average molecular weight is 305 g/mol. The molecule has 1 heterocycles. The van der Waals surface area contributed by atoms with Crippen LogP contribution in [0.3, 0.4) is 0 Å². The molecule has 90 valence electrons. The molecule has 0 bridgehead atoms. The van der Waals surface area contributed by atoms with Crippen molar-refractivity contribution in [3.8, 4) is 0 Å². The molecule has 2 atom stereocenters. The van der Waals surface area contributed by atoms with E-state index in [0.717, 1.165) is 35.9 Å². The van der Waals surface area contributed by atoms with Crippen molar-refractivity contribution in [1.29, 1.82) is 0 Å². The summed E-state index contributed by atoms with van der Waals surface area (Å²) in [5.74, 6) is 0. The zero-order valence-corrected chi connectivity index (χ0v) is 11.8. The van der Waals surface area contributed by atoms with Gasteiger partial charge in [-0.25, -0.2) is 0 Å². The Bertz CT molecular complexity index is 353. The summed E-state index contributed by atoms with van der Waals surface area (Å²) in [6.07, 6.45) is 4.76. The van der Waals surface area contributed by atoms with Crippen LogP contribution in [0.2, 0.25) is 0 Å². The lowest BCUT2D eigenvalue weighted by molar-refractivity contribution is -0.0577. The fraction of sp³-hybridized carbons (Fsp3) is 0.667. The summed E-state index contributed by atoms with van der Waals surface area (Å²) in [4.78, 5) is 1.24. The van der Waals surface area contributed by atoms with Crippen LogP contribution in [0.5, 0.6) is 0 Å². The number of halogens is 1. The summed E-state index contributed by atoms with van der Waals surface area (Å²) in [6.45, 7) is 0. The number of methoxy groups -OCH3 is 1. The van der Waals surface area contributed by atoms with Crippen LogP contribution in [0.15, 0.2) is 15.9 Å². The van der Waals surface area contributed by atoms with Gasteiger partial charge in [0.2, 0.25) is 0 Å². The normalized spacial score (nSPS) is 30.6. The van der Waals surface area contributed by atoms with Gasteiger partial charge in [-0.2, -0.15) is 0 Å². The second kappa shape index (κ2) is 5.17. The van der Waals surface area contributed by atoms with E-state index in [2.05, 4.69) is 22.0 Å². The Labute approximate surface area is 109 Å². The first-order valence-corrected chi connectivity index (χ1v) is 7.22. The maximum absolute atomic E-state index is 10.5. The first-order valence-electron chi connectivity index (χ1n) is 5.61. The van der Waals surface area contributed by atoms with Gasteiger partial charge >= 0.3 is 0 Å². The molecule has 4 heteroatoms. The minimum atomic E-state index is -0.566. The Balaban J connectivity index is 2.01. The monoisotopic (exact) mass is 304 g/mol. The van der Waals surface area contributed by atoms with E-state index in [0.29, 0.717) is 0 Å². The lowest BCUT2D eigenvalue weighted by Crippen LogP contribution is -2.39. The zero-order chi connectivity index (χ0) is 11.6. The van der Waals surface area contributed by atoms with E-state index in [4.69, 9.17) is 4.74 Å². The third-order valence-corrected chi connectivity index (χ3v) is 4.86. The molecule has 1 aromatic rings. The van der Waals surface area contributed by atoms with E-state index in [9.17, 15) is 5.11 Å². The number of rotatable bonds is 3. The highest BCUT2D eigenvalue weighted by molar-refractivity contribution is 9.11. The van der Waals surface area contributed by atoms with Crippen LogP contribution in [-0.2, 0) is 11.2 Å². The molecule has 0 aliphatic heterocycles. The molecular formula is C12H17BrO2S. The number of hydrogen-bond acceptors (Lipinski definition) is 3. The smallest absolute Gasteiger partial charge is 0.0720 e. The third kappa shape index (κ3) is 3.06. The van der Waals surface area contributed by atoms with Crippen molar-refractivity contribution in [2.45, 2.75) is 43.8 Å². The minimum absolute atomic E-state index is 0.224. The van der Waals surface area contributed by atoms with Gasteiger partial charge in [-0.1, -0.05) is 0 Å². The number of aliphatic hydroxyl groups is 1. The van der Waals surface area contributed by atoms with Gasteiger partial charge in [-0.05, 0) is 47.3 Å². The van der Waals surface area contributed by atoms with Crippen LogP contribution in [0, 0.1) is 0 Å². The van der Waals surface area contributed by atoms with E-state index in [1.807, 2.05) is 6.07 Å². The molecular weight excluding hydrogens is 288 g/mol. The maximum Gasteiger partial charge on any atom is 0.0720 e. The van der Waals surface area contributed by atoms with Crippen molar-refractivity contribution in [3.05, 3.63) is 20.8 Å². The van der Waals surface area contributed by atoms with Crippen molar-refractivity contribution >= 4 is 27.3 Å². The molecule has 1 aliphatic carbocycles. The van der Waals surface area contributed by atoms with Gasteiger partial charge in [-0.15, -0.1) is 11.3 Å². The molecule has 1 fully saturated rings. The molecule has 1 aromatic heterocycles. The van der Waals surface area contributed by atoms with Crippen LogP contribution in [0.1, 0.15) is 30.6 Å². The Hall–Kier alpha value is 0.1000. The molecule has 0 radical (unpaired) electrons. The lowest BCUT2D eigenvalue weighted by atomic mass is 9.80. The van der Waals surface area contributed by atoms with E-state index < -0.39 is 5.60 Å². The molecule has 0 saturated heterocycles. The molecule has 1 saturated carbocycles. The molecule has 1 N–H and O–H groups in total. The van der Waals surface area contributed by atoms with Gasteiger partial charge in [0.15, 0.2) is 0 Å². The largest absolute Gasteiger partial charge is 0.389 e. The Kier molecular flexibility index (Phi) is 4.06. The molecule has 0 amide bonds. The van der Waals surface area contributed by atoms with Crippen molar-refractivity contribution in [1.82, 2.24) is 0 Å². The van der Waals surface area contributed by atoms with Crippen LogP contribution >= 0.6 is 27.3 Å².